The van der Waals surface area contributed by atoms with E-state index in [0.717, 1.165) is 15.4 Å². The lowest BCUT2D eigenvalue weighted by molar-refractivity contribution is -0.117. The van der Waals surface area contributed by atoms with Gasteiger partial charge in [-0.05, 0) is 42.2 Å². The molecule has 2 rings (SSSR count). The van der Waals surface area contributed by atoms with Gasteiger partial charge in [-0.2, -0.15) is 0 Å². The fourth-order valence-electron chi connectivity index (χ4n) is 1.71. The summed E-state index contributed by atoms with van der Waals surface area (Å²) in [5, 5.41) is 0. The van der Waals surface area contributed by atoms with Crippen molar-refractivity contribution in [2.75, 3.05) is 6.26 Å². The molecule has 0 saturated carbocycles. The van der Waals surface area contributed by atoms with Crippen molar-refractivity contribution in [1.82, 2.24) is 0 Å². The molecule has 2 N–H and O–H groups in total. The van der Waals surface area contributed by atoms with E-state index in [1.807, 2.05) is 24.3 Å². The van der Waals surface area contributed by atoms with Crippen LogP contribution >= 0.6 is 23.5 Å². The molecular weight excluding hydrogens is 274 g/mol. The maximum atomic E-state index is 11.1. The number of carbonyl (C=O) groups excluding carboxylic acids is 1. The summed E-state index contributed by atoms with van der Waals surface area (Å²) in [5.74, 6) is -0.300. The van der Waals surface area contributed by atoms with Crippen LogP contribution in [0.25, 0.3) is 0 Å². The van der Waals surface area contributed by atoms with Crippen LogP contribution in [-0.2, 0) is 11.2 Å². The summed E-state index contributed by atoms with van der Waals surface area (Å²) in [6.45, 7) is 0. The molecule has 0 spiro atoms. The third kappa shape index (κ3) is 4.04. The summed E-state index contributed by atoms with van der Waals surface area (Å²) in [6, 6.07) is 16.3. The van der Waals surface area contributed by atoms with Gasteiger partial charge in [0.05, 0.1) is 6.42 Å². The fraction of sp³-hybridized carbons (Fsp3) is 0.133. The lowest BCUT2D eigenvalue weighted by Crippen LogP contribution is -2.14. The van der Waals surface area contributed by atoms with Crippen LogP contribution in [0.1, 0.15) is 5.56 Å². The first kappa shape index (κ1) is 14.0. The Morgan fingerprint density at radius 1 is 1.05 bits per heavy atom. The van der Waals surface area contributed by atoms with Gasteiger partial charge in [0.15, 0.2) is 0 Å². The molecule has 0 heterocycles. The molecule has 0 saturated heterocycles. The number of carbonyl (C=O) groups is 1. The molecule has 0 radical (unpaired) electrons. The topological polar surface area (TPSA) is 43.1 Å². The van der Waals surface area contributed by atoms with E-state index in [9.17, 15) is 4.79 Å². The average molecular weight is 289 g/mol. The SMILES string of the molecule is CSc1ccc(Sc2ccccc2CC(N)=O)cc1. The minimum atomic E-state index is -0.300. The molecule has 0 fully saturated rings. The van der Waals surface area contributed by atoms with Crippen molar-refractivity contribution >= 4 is 29.4 Å². The number of amides is 1. The standard InChI is InChI=1S/C15H15NOS2/c1-18-12-6-8-13(9-7-12)19-14-5-3-2-4-11(14)10-15(16)17/h2-9H,10H2,1H3,(H2,16,17). The highest BCUT2D eigenvalue weighted by Crippen LogP contribution is 2.31. The van der Waals surface area contributed by atoms with E-state index in [2.05, 4.69) is 30.5 Å². The van der Waals surface area contributed by atoms with E-state index in [1.54, 1.807) is 23.5 Å². The van der Waals surface area contributed by atoms with E-state index in [1.165, 1.54) is 4.90 Å². The third-order valence-corrected chi connectivity index (χ3v) is 4.49. The van der Waals surface area contributed by atoms with Crippen molar-refractivity contribution < 1.29 is 4.79 Å². The largest absolute Gasteiger partial charge is 0.369 e. The molecule has 98 valence electrons. The molecule has 2 aromatic carbocycles. The predicted molar refractivity (Wildman–Crippen MR) is 81.7 cm³/mol. The van der Waals surface area contributed by atoms with Crippen molar-refractivity contribution in [2.45, 2.75) is 21.1 Å². The molecule has 0 unspecified atom stereocenters. The molecular formula is C15H15NOS2. The Hall–Kier alpha value is -1.39. The van der Waals surface area contributed by atoms with Gasteiger partial charge in [0, 0.05) is 14.7 Å². The summed E-state index contributed by atoms with van der Waals surface area (Å²) >= 11 is 3.38. The van der Waals surface area contributed by atoms with Crippen molar-refractivity contribution in [3.8, 4) is 0 Å². The average Bonchev–Trinajstić information content (AvgIpc) is 2.41. The number of nitrogens with two attached hydrogens (primary N) is 1. The van der Waals surface area contributed by atoms with Crippen LogP contribution in [0.15, 0.2) is 63.2 Å². The van der Waals surface area contributed by atoms with E-state index in [-0.39, 0.29) is 12.3 Å². The Kier molecular flexibility index (Phi) is 4.93. The van der Waals surface area contributed by atoms with Gasteiger partial charge >= 0.3 is 0 Å². The Morgan fingerprint density at radius 3 is 2.32 bits per heavy atom. The van der Waals surface area contributed by atoms with E-state index in [4.69, 9.17) is 5.73 Å². The number of hydrogen-bond acceptors (Lipinski definition) is 3. The van der Waals surface area contributed by atoms with Gasteiger partial charge in [0.1, 0.15) is 0 Å². The predicted octanol–water partition coefficient (Wildman–Crippen LogP) is 3.59. The maximum Gasteiger partial charge on any atom is 0.221 e. The Labute approximate surface area is 121 Å². The lowest BCUT2D eigenvalue weighted by Gasteiger charge is -2.08. The van der Waals surface area contributed by atoms with E-state index >= 15 is 0 Å². The first-order valence-electron chi connectivity index (χ1n) is 5.87. The second-order valence-corrected chi connectivity index (χ2v) is 6.02. The first-order chi connectivity index (χ1) is 9.19. The second kappa shape index (κ2) is 6.68. The van der Waals surface area contributed by atoms with E-state index in [0.29, 0.717) is 0 Å². The van der Waals surface area contributed by atoms with Crippen molar-refractivity contribution in [1.29, 1.82) is 0 Å². The van der Waals surface area contributed by atoms with Crippen LogP contribution in [0, 0.1) is 0 Å². The molecule has 0 bridgehead atoms. The molecule has 0 aliphatic carbocycles. The molecule has 0 atom stereocenters. The summed E-state index contributed by atoms with van der Waals surface area (Å²) in [7, 11) is 0. The summed E-state index contributed by atoms with van der Waals surface area (Å²) in [4.78, 5) is 14.6. The smallest absolute Gasteiger partial charge is 0.221 e. The van der Waals surface area contributed by atoms with Crippen LogP contribution in [0.4, 0.5) is 0 Å². The van der Waals surface area contributed by atoms with Crippen LogP contribution in [0.2, 0.25) is 0 Å². The maximum absolute atomic E-state index is 11.1. The number of primary amides is 1. The molecule has 4 heteroatoms. The number of benzene rings is 2. The number of thioether (sulfide) groups is 1. The highest BCUT2D eigenvalue weighted by molar-refractivity contribution is 7.99. The van der Waals surface area contributed by atoms with Crippen molar-refractivity contribution in [2.24, 2.45) is 5.73 Å². The van der Waals surface area contributed by atoms with Crippen molar-refractivity contribution in [3.05, 3.63) is 54.1 Å². The van der Waals surface area contributed by atoms with Gasteiger partial charge in [-0.1, -0.05) is 30.0 Å². The van der Waals surface area contributed by atoms with Crippen LogP contribution in [0.3, 0.4) is 0 Å². The quantitative estimate of drug-likeness (QED) is 0.855. The number of rotatable bonds is 5. The Balaban J connectivity index is 2.19. The molecule has 0 aliphatic heterocycles. The Morgan fingerprint density at radius 2 is 1.68 bits per heavy atom. The Bertz CT molecular complexity index is 567. The highest BCUT2D eigenvalue weighted by atomic mass is 32.2. The van der Waals surface area contributed by atoms with Gasteiger partial charge < -0.3 is 5.73 Å². The summed E-state index contributed by atoms with van der Waals surface area (Å²) in [6.07, 6.45) is 2.34. The van der Waals surface area contributed by atoms with Crippen LogP contribution < -0.4 is 5.73 Å². The van der Waals surface area contributed by atoms with Gasteiger partial charge in [-0.25, -0.2) is 0 Å². The molecule has 1 amide bonds. The fourth-order valence-corrected chi connectivity index (χ4v) is 3.06. The van der Waals surface area contributed by atoms with Gasteiger partial charge in [0.2, 0.25) is 5.91 Å². The second-order valence-electron chi connectivity index (χ2n) is 4.03. The molecule has 0 aromatic heterocycles. The van der Waals surface area contributed by atoms with E-state index < -0.39 is 0 Å². The minimum Gasteiger partial charge on any atom is -0.369 e. The lowest BCUT2D eigenvalue weighted by atomic mass is 10.1. The third-order valence-electron chi connectivity index (χ3n) is 2.62. The van der Waals surface area contributed by atoms with Crippen LogP contribution in [0.5, 0.6) is 0 Å². The zero-order valence-corrected chi connectivity index (χ0v) is 12.3. The summed E-state index contributed by atoms with van der Waals surface area (Å²) in [5.41, 5.74) is 6.25. The first-order valence-corrected chi connectivity index (χ1v) is 7.91. The summed E-state index contributed by atoms with van der Waals surface area (Å²) < 4.78 is 0. The van der Waals surface area contributed by atoms with Gasteiger partial charge in [-0.15, -0.1) is 11.8 Å². The van der Waals surface area contributed by atoms with Crippen LogP contribution in [-0.4, -0.2) is 12.2 Å². The van der Waals surface area contributed by atoms with Crippen molar-refractivity contribution in [3.63, 3.8) is 0 Å². The highest BCUT2D eigenvalue weighted by Gasteiger charge is 2.06. The number of hydrogen-bond donors (Lipinski definition) is 1. The molecule has 19 heavy (non-hydrogen) atoms. The van der Waals surface area contributed by atoms with Gasteiger partial charge in [-0.3, -0.25) is 4.79 Å². The zero-order chi connectivity index (χ0) is 13.7. The normalized spacial score (nSPS) is 10.4. The monoisotopic (exact) mass is 289 g/mol. The van der Waals surface area contributed by atoms with Gasteiger partial charge in [0.25, 0.3) is 0 Å². The molecule has 0 aliphatic rings. The molecule has 2 nitrogen and oxygen atoms in total. The minimum absolute atomic E-state index is 0.284. The molecule has 2 aromatic rings. The zero-order valence-electron chi connectivity index (χ0n) is 10.6.